The highest BCUT2D eigenvalue weighted by atomic mass is 19.1. The highest BCUT2D eigenvalue weighted by Crippen LogP contribution is 2.58. The summed E-state index contributed by atoms with van der Waals surface area (Å²) in [4.78, 5) is 0. The van der Waals surface area contributed by atoms with E-state index in [9.17, 15) is 9.50 Å². The third kappa shape index (κ3) is 3.42. The Bertz CT molecular complexity index is 736. The molecule has 0 spiro atoms. The van der Waals surface area contributed by atoms with Gasteiger partial charge in [-0.1, -0.05) is 18.2 Å². The van der Waals surface area contributed by atoms with Crippen LogP contribution >= 0.6 is 0 Å². The van der Waals surface area contributed by atoms with E-state index in [4.69, 9.17) is 9.47 Å². The fraction of sp³-hybridized carbons (Fsp3) is 0.429. The van der Waals surface area contributed by atoms with Crippen molar-refractivity contribution in [2.24, 2.45) is 5.41 Å². The van der Waals surface area contributed by atoms with Crippen molar-refractivity contribution in [1.82, 2.24) is 0 Å². The SMILES string of the molecule is OCC12CCC(OCc3cc(F)cc(Oc4ccccc4)c3)(CC1)C2. The van der Waals surface area contributed by atoms with Gasteiger partial charge in [-0.25, -0.2) is 4.39 Å². The Labute approximate surface area is 147 Å². The fourth-order valence-electron chi connectivity index (χ4n) is 4.31. The van der Waals surface area contributed by atoms with Crippen molar-refractivity contribution in [2.45, 2.75) is 44.3 Å². The number of benzene rings is 2. The minimum absolute atomic E-state index is 0.0590. The Hall–Kier alpha value is -1.91. The number of ether oxygens (including phenoxy) is 2. The number of halogens is 1. The Morgan fingerprint density at radius 1 is 0.960 bits per heavy atom. The molecule has 4 heteroatoms. The Morgan fingerprint density at radius 2 is 1.72 bits per heavy atom. The minimum atomic E-state index is -0.327. The molecule has 0 aliphatic heterocycles. The van der Waals surface area contributed by atoms with Gasteiger partial charge in [-0.2, -0.15) is 0 Å². The molecule has 2 saturated carbocycles. The quantitative estimate of drug-likeness (QED) is 0.817. The first-order valence-corrected chi connectivity index (χ1v) is 8.88. The van der Waals surface area contributed by atoms with Gasteiger partial charge in [0.15, 0.2) is 0 Å². The van der Waals surface area contributed by atoms with E-state index in [2.05, 4.69) is 0 Å². The van der Waals surface area contributed by atoms with E-state index in [0.717, 1.165) is 37.7 Å². The highest BCUT2D eigenvalue weighted by Gasteiger charge is 2.54. The molecule has 1 N–H and O–H groups in total. The third-order valence-corrected chi connectivity index (χ3v) is 5.71. The van der Waals surface area contributed by atoms with E-state index in [1.165, 1.54) is 12.1 Å². The van der Waals surface area contributed by atoms with Crippen LogP contribution in [0.25, 0.3) is 0 Å². The summed E-state index contributed by atoms with van der Waals surface area (Å²) in [6.45, 7) is 0.609. The number of aliphatic hydroxyl groups excluding tert-OH is 1. The number of rotatable bonds is 6. The largest absolute Gasteiger partial charge is 0.457 e. The average Bonchev–Trinajstić information content (AvgIpc) is 3.18. The van der Waals surface area contributed by atoms with Crippen LogP contribution in [0.4, 0.5) is 4.39 Å². The maximum Gasteiger partial charge on any atom is 0.130 e. The molecule has 0 aromatic heterocycles. The first kappa shape index (κ1) is 16.6. The summed E-state index contributed by atoms with van der Waals surface area (Å²) >= 11 is 0. The third-order valence-electron chi connectivity index (χ3n) is 5.71. The fourth-order valence-corrected chi connectivity index (χ4v) is 4.31. The second kappa shape index (κ2) is 6.43. The van der Waals surface area contributed by atoms with Crippen LogP contribution < -0.4 is 4.74 Å². The summed E-state index contributed by atoms with van der Waals surface area (Å²) < 4.78 is 25.9. The number of aliphatic hydroxyl groups is 1. The van der Waals surface area contributed by atoms with Gasteiger partial charge in [0, 0.05) is 12.7 Å². The molecular formula is C21H23FO3. The molecule has 2 aliphatic rings. The van der Waals surface area contributed by atoms with Gasteiger partial charge >= 0.3 is 0 Å². The maximum atomic E-state index is 14.0. The number of fused-ring (bicyclic) bond motifs is 2. The lowest BCUT2D eigenvalue weighted by molar-refractivity contribution is -0.0487. The van der Waals surface area contributed by atoms with Crippen molar-refractivity contribution in [1.29, 1.82) is 0 Å². The van der Waals surface area contributed by atoms with Crippen LogP contribution in [0.1, 0.15) is 37.7 Å². The van der Waals surface area contributed by atoms with Crippen LogP contribution in [0.5, 0.6) is 11.5 Å². The predicted molar refractivity (Wildman–Crippen MR) is 93.0 cm³/mol. The van der Waals surface area contributed by atoms with Crippen molar-refractivity contribution in [3.63, 3.8) is 0 Å². The van der Waals surface area contributed by atoms with Crippen molar-refractivity contribution in [3.8, 4) is 11.5 Å². The summed E-state index contributed by atoms with van der Waals surface area (Å²) in [6, 6.07) is 14.1. The van der Waals surface area contributed by atoms with E-state index >= 15 is 0 Å². The molecule has 2 fully saturated rings. The van der Waals surface area contributed by atoms with E-state index < -0.39 is 0 Å². The molecule has 2 bridgehead atoms. The molecule has 0 unspecified atom stereocenters. The Morgan fingerprint density at radius 3 is 2.40 bits per heavy atom. The Balaban J connectivity index is 1.45. The lowest BCUT2D eigenvalue weighted by atomic mass is 9.85. The van der Waals surface area contributed by atoms with Crippen molar-refractivity contribution in [2.75, 3.05) is 6.61 Å². The number of hydrogen-bond donors (Lipinski definition) is 1. The van der Waals surface area contributed by atoms with Gasteiger partial charge in [0.25, 0.3) is 0 Å². The van der Waals surface area contributed by atoms with Crippen LogP contribution in [-0.4, -0.2) is 17.3 Å². The molecular weight excluding hydrogens is 319 g/mol. The monoisotopic (exact) mass is 342 g/mol. The average molecular weight is 342 g/mol. The molecule has 0 saturated heterocycles. The van der Waals surface area contributed by atoms with Crippen LogP contribution in [0.2, 0.25) is 0 Å². The normalized spacial score (nSPS) is 27.6. The summed E-state index contributed by atoms with van der Waals surface area (Å²) in [5.41, 5.74) is 0.688. The van der Waals surface area contributed by atoms with Crippen molar-refractivity contribution in [3.05, 3.63) is 59.9 Å². The van der Waals surface area contributed by atoms with Gasteiger partial charge < -0.3 is 14.6 Å². The number of para-hydroxylation sites is 1. The molecule has 4 rings (SSSR count). The van der Waals surface area contributed by atoms with Gasteiger partial charge in [0.05, 0.1) is 12.2 Å². The van der Waals surface area contributed by atoms with E-state index in [0.29, 0.717) is 18.1 Å². The maximum absolute atomic E-state index is 14.0. The van der Waals surface area contributed by atoms with Crippen LogP contribution in [0.3, 0.4) is 0 Å². The van der Waals surface area contributed by atoms with Crippen molar-refractivity contribution < 1.29 is 19.0 Å². The second-order valence-corrected chi connectivity index (χ2v) is 7.52. The van der Waals surface area contributed by atoms with E-state index in [-0.39, 0.29) is 23.4 Å². The summed E-state index contributed by atoms with van der Waals surface area (Å²) in [5.74, 6) is 0.829. The van der Waals surface area contributed by atoms with Crippen LogP contribution in [0.15, 0.2) is 48.5 Å². The van der Waals surface area contributed by atoms with E-state index in [1.807, 2.05) is 36.4 Å². The molecule has 2 aromatic rings. The minimum Gasteiger partial charge on any atom is -0.457 e. The predicted octanol–water partition coefficient (Wildman–Crippen LogP) is 4.83. The highest BCUT2D eigenvalue weighted by molar-refractivity contribution is 5.34. The van der Waals surface area contributed by atoms with Gasteiger partial charge in [-0.05, 0) is 67.3 Å². The molecule has 3 nitrogen and oxygen atoms in total. The molecule has 25 heavy (non-hydrogen) atoms. The standard InChI is InChI=1S/C21H23FO3/c22-17-10-16(11-19(12-17)25-18-4-2-1-3-5-18)13-24-21-8-6-20(14-21,15-23)7-9-21/h1-5,10-12,23H,6-9,13-15H2. The molecule has 2 aromatic carbocycles. The first-order chi connectivity index (χ1) is 12.1. The van der Waals surface area contributed by atoms with Gasteiger partial charge in [-0.3, -0.25) is 0 Å². The zero-order chi connectivity index (χ0) is 17.3. The smallest absolute Gasteiger partial charge is 0.130 e. The summed E-state index contributed by atoms with van der Waals surface area (Å²) in [6.07, 6.45) is 4.93. The van der Waals surface area contributed by atoms with Gasteiger partial charge in [0.2, 0.25) is 0 Å². The molecule has 0 atom stereocenters. The van der Waals surface area contributed by atoms with Crippen molar-refractivity contribution >= 4 is 0 Å². The molecule has 0 radical (unpaired) electrons. The lowest BCUT2D eigenvalue weighted by Gasteiger charge is -2.27. The zero-order valence-corrected chi connectivity index (χ0v) is 14.2. The Kier molecular flexibility index (Phi) is 4.26. The second-order valence-electron chi connectivity index (χ2n) is 7.52. The topological polar surface area (TPSA) is 38.7 Å². The lowest BCUT2D eigenvalue weighted by Crippen LogP contribution is -2.26. The molecule has 0 amide bonds. The first-order valence-electron chi connectivity index (χ1n) is 8.88. The van der Waals surface area contributed by atoms with E-state index in [1.54, 1.807) is 0 Å². The summed E-state index contributed by atoms with van der Waals surface area (Å²) in [5, 5.41) is 9.63. The summed E-state index contributed by atoms with van der Waals surface area (Å²) in [7, 11) is 0. The van der Waals surface area contributed by atoms with Crippen LogP contribution in [-0.2, 0) is 11.3 Å². The molecule has 0 heterocycles. The van der Waals surface area contributed by atoms with Crippen LogP contribution in [0, 0.1) is 11.2 Å². The van der Waals surface area contributed by atoms with Gasteiger partial charge in [-0.15, -0.1) is 0 Å². The van der Waals surface area contributed by atoms with Gasteiger partial charge in [0.1, 0.15) is 17.3 Å². The molecule has 2 aliphatic carbocycles. The molecule has 132 valence electrons. The number of hydrogen-bond acceptors (Lipinski definition) is 3. The zero-order valence-electron chi connectivity index (χ0n) is 14.2.